The summed E-state index contributed by atoms with van der Waals surface area (Å²) in [6, 6.07) is 7.22. The number of amides is 4. The summed E-state index contributed by atoms with van der Waals surface area (Å²) in [4.78, 5) is 39.8. The molecule has 1 saturated carbocycles. The van der Waals surface area contributed by atoms with Crippen molar-refractivity contribution < 1.29 is 27.6 Å². The number of halogens is 3. The van der Waals surface area contributed by atoms with Crippen molar-refractivity contribution >= 4 is 17.8 Å². The van der Waals surface area contributed by atoms with E-state index in [0.29, 0.717) is 5.56 Å². The lowest BCUT2D eigenvalue weighted by atomic mass is 9.87. The van der Waals surface area contributed by atoms with Gasteiger partial charge in [0.15, 0.2) is 0 Å². The number of hydrogen-bond acceptors (Lipinski definition) is 3. The normalized spacial score (nSPS) is 23.1. The molecule has 1 aliphatic carbocycles. The number of benzene rings is 1. The van der Waals surface area contributed by atoms with Gasteiger partial charge in [-0.2, -0.15) is 13.2 Å². The number of nitrogens with zero attached hydrogens (tertiary/aromatic N) is 2. The van der Waals surface area contributed by atoms with Crippen LogP contribution in [-0.2, 0) is 15.1 Å². The minimum atomic E-state index is -4.56. The van der Waals surface area contributed by atoms with E-state index in [4.69, 9.17) is 0 Å². The highest BCUT2D eigenvalue weighted by atomic mass is 19.4. The number of imide groups is 1. The van der Waals surface area contributed by atoms with E-state index in [-0.39, 0.29) is 12.3 Å². The minimum Gasteiger partial charge on any atom is -0.329 e. The molecule has 1 aromatic rings. The third-order valence-corrected chi connectivity index (χ3v) is 5.73. The molecule has 9 heteroatoms. The van der Waals surface area contributed by atoms with Gasteiger partial charge in [-0.15, -0.1) is 0 Å². The highest BCUT2D eigenvalue weighted by molar-refractivity contribution is 6.09. The van der Waals surface area contributed by atoms with Gasteiger partial charge in [-0.1, -0.05) is 37.3 Å². The average molecular weight is 411 g/mol. The van der Waals surface area contributed by atoms with E-state index in [1.54, 1.807) is 44.2 Å². The number of hydrogen-bond donors (Lipinski definition) is 1. The Labute approximate surface area is 167 Å². The van der Waals surface area contributed by atoms with Crippen LogP contribution >= 0.6 is 0 Å². The van der Waals surface area contributed by atoms with Crippen LogP contribution in [0.5, 0.6) is 0 Å². The first-order valence-electron chi connectivity index (χ1n) is 9.65. The maximum atomic E-state index is 13.1. The molecule has 0 spiro atoms. The molecule has 1 saturated heterocycles. The van der Waals surface area contributed by atoms with Gasteiger partial charge >= 0.3 is 12.2 Å². The Morgan fingerprint density at radius 2 is 1.90 bits per heavy atom. The third kappa shape index (κ3) is 4.23. The Morgan fingerprint density at radius 1 is 1.28 bits per heavy atom. The molecule has 3 rings (SSSR count). The lowest BCUT2D eigenvalue weighted by molar-refractivity contribution is -0.166. The third-order valence-electron chi connectivity index (χ3n) is 5.73. The van der Waals surface area contributed by atoms with Gasteiger partial charge in [0.1, 0.15) is 18.6 Å². The molecule has 1 N–H and O–H groups in total. The maximum Gasteiger partial charge on any atom is 0.406 e. The second kappa shape index (κ2) is 7.68. The number of carbonyl (C=O) groups excluding carboxylic acids is 3. The molecule has 2 fully saturated rings. The Hall–Kier alpha value is -2.58. The van der Waals surface area contributed by atoms with Gasteiger partial charge in [0.25, 0.3) is 5.91 Å². The summed E-state index contributed by atoms with van der Waals surface area (Å²) in [6.45, 7) is 1.19. The first-order chi connectivity index (χ1) is 13.6. The van der Waals surface area contributed by atoms with E-state index in [1.807, 2.05) is 0 Å². The smallest absolute Gasteiger partial charge is 0.329 e. The molecular formula is C20H24F3N3O3. The molecule has 158 valence electrons. The van der Waals surface area contributed by atoms with Crippen LogP contribution in [0.25, 0.3) is 0 Å². The van der Waals surface area contributed by atoms with Gasteiger partial charge in [0, 0.05) is 6.04 Å². The molecule has 2 unspecified atom stereocenters. The summed E-state index contributed by atoms with van der Waals surface area (Å²) in [5.74, 6) is -1.50. The standard InChI is InChI=1S/C20H24F3N3O3/c1-3-19(15-7-5-4-6-8-15)17(28)25(18(29)24-19)11-16(27)26(12-20(21,22)23)13(2)14-9-10-14/h4-8,13-14H,3,9-12H2,1-2H3,(H,24,29). The zero-order valence-electron chi connectivity index (χ0n) is 16.3. The molecule has 0 aromatic heterocycles. The summed E-state index contributed by atoms with van der Waals surface area (Å²) in [5, 5.41) is 2.63. The Bertz CT molecular complexity index is 795. The molecule has 2 aliphatic rings. The van der Waals surface area contributed by atoms with Crippen molar-refractivity contribution in [3.63, 3.8) is 0 Å². The number of nitrogens with one attached hydrogen (secondary N) is 1. The molecule has 29 heavy (non-hydrogen) atoms. The van der Waals surface area contributed by atoms with Gasteiger partial charge in [-0.25, -0.2) is 4.79 Å². The average Bonchev–Trinajstić information content (AvgIpc) is 3.49. The Kier molecular flexibility index (Phi) is 5.60. The van der Waals surface area contributed by atoms with Crippen molar-refractivity contribution in [2.75, 3.05) is 13.1 Å². The molecule has 1 aromatic carbocycles. The predicted molar refractivity (Wildman–Crippen MR) is 98.6 cm³/mol. The summed E-state index contributed by atoms with van der Waals surface area (Å²) < 4.78 is 39.1. The Balaban J connectivity index is 1.81. The van der Waals surface area contributed by atoms with E-state index in [2.05, 4.69) is 5.32 Å². The fraction of sp³-hybridized carbons (Fsp3) is 0.550. The SMILES string of the molecule is CCC1(c2ccccc2)NC(=O)N(CC(=O)N(CC(F)(F)F)C(C)C2CC2)C1=O. The topological polar surface area (TPSA) is 69.7 Å². The van der Waals surface area contributed by atoms with Crippen LogP contribution < -0.4 is 5.32 Å². The van der Waals surface area contributed by atoms with Crippen molar-refractivity contribution in [3.8, 4) is 0 Å². The van der Waals surface area contributed by atoms with E-state index in [0.717, 1.165) is 22.6 Å². The monoisotopic (exact) mass is 411 g/mol. The summed E-state index contributed by atoms with van der Waals surface area (Å²) in [6.07, 6.45) is -2.79. The number of alkyl halides is 3. The van der Waals surface area contributed by atoms with Crippen molar-refractivity contribution in [1.82, 2.24) is 15.1 Å². The van der Waals surface area contributed by atoms with E-state index in [9.17, 15) is 27.6 Å². The summed E-state index contributed by atoms with van der Waals surface area (Å²) >= 11 is 0. The van der Waals surface area contributed by atoms with E-state index >= 15 is 0 Å². The van der Waals surface area contributed by atoms with Crippen molar-refractivity contribution in [2.24, 2.45) is 5.92 Å². The highest BCUT2D eigenvalue weighted by Crippen LogP contribution is 2.37. The minimum absolute atomic E-state index is 0.0171. The van der Waals surface area contributed by atoms with Gasteiger partial charge in [0.05, 0.1) is 0 Å². The number of urea groups is 1. The van der Waals surface area contributed by atoms with Crippen LogP contribution in [0.1, 0.15) is 38.7 Å². The highest BCUT2D eigenvalue weighted by Gasteiger charge is 2.52. The first-order valence-corrected chi connectivity index (χ1v) is 9.65. The van der Waals surface area contributed by atoms with Gasteiger partial charge in [0.2, 0.25) is 5.91 Å². The molecule has 1 heterocycles. The quantitative estimate of drug-likeness (QED) is 0.702. The fourth-order valence-electron chi connectivity index (χ4n) is 3.84. The van der Waals surface area contributed by atoms with Crippen molar-refractivity contribution in [2.45, 2.75) is 50.9 Å². The van der Waals surface area contributed by atoms with Crippen molar-refractivity contribution in [3.05, 3.63) is 35.9 Å². The van der Waals surface area contributed by atoms with E-state index in [1.165, 1.54) is 0 Å². The molecule has 0 bridgehead atoms. The van der Waals surface area contributed by atoms with Gasteiger partial charge < -0.3 is 10.2 Å². The van der Waals surface area contributed by atoms with Crippen LogP contribution in [0.3, 0.4) is 0 Å². The van der Waals surface area contributed by atoms with Crippen LogP contribution in [0.4, 0.5) is 18.0 Å². The van der Waals surface area contributed by atoms with Gasteiger partial charge in [-0.05, 0) is 37.7 Å². The lowest BCUT2D eigenvalue weighted by Gasteiger charge is -2.31. The lowest BCUT2D eigenvalue weighted by Crippen LogP contribution is -2.50. The van der Waals surface area contributed by atoms with Gasteiger partial charge in [-0.3, -0.25) is 14.5 Å². The van der Waals surface area contributed by atoms with Crippen LogP contribution in [0.15, 0.2) is 30.3 Å². The first kappa shape index (κ1) is 21.1. The number of rotatable bonds is 7. The fourth-order valence-corrected chi connectivity index (χ4v) is 3.84. The summed E-state index contributed by atoms with van der Waals surface area (Å²) in [5.41, 5.74) is -0.760. The Morgan fingerprint density at radius 3 is 2.41 bits per heavy atom. The molecular weight excluding hydrogens is 387 g/mol. The zero-order valence-corrected chi connectivity index (χ0v) is 16.3. The zero-order chi connectivity index (χ0) is 21.4. The molecule has 1 aliphatic heterocycles. The predicted octanol–water partition coefficient (Wildman–Crippen LogP) is 3.03. The second-order valence-electron chi connectivity index (χ2n) is 7.66. The second-order valence-corrected chi connectivity index (χ2v) is 7.66. The van der Waals surface area contributed by atoms with E-state index < -0.39 is 48.7 Å². The molecule has 0 radical (unpaired) electrons. The molecule has 4 amide bonds. The van der Waals surface area contributed by atoms with Crippen LogP contribution in [0.2, 0.25) is 0 Å². The summed E-state index contributed by atoms with van der Waals surface area (Å²) in [7, 11) is 0. The van der Waals surface area contributed by atoms with Crippen LogP contribution in [0, 0.1) is 5.92 Å². The largest absolute Gasteiger partial charge is 0.406 e. The van der Waals surface area contributed by atoms with Crippen molar-refractivity contribution in [1.29, 1.82) is 0 Å². The van der Waals surface area contributed by atoms with Crippen LogP contribution in [-0.4, -0.2) is 53.0 Å². The number of carbonyl (C=O) groups is 3. The molecule has 6 nitrogen and oxygen atoms in total. The molecule has 2 atom stereocenters. The maximum absolute atomic E-state index is 13.1.